The van der Waals surface area contributed by atoms with Crippen LogP contribution in [0.25, 0.3) is 0 Å². The van der Waals surface area contributed by atoms with Crippen LogP contribution in [0.2, 0.25) is 0 Å². The van der Waals surface area contributed by atoms with Crippen molar-refractivity contribution in [1.82, 2.24) is 4.98 Å². The molecule has 0 bridgehead atoms. The molecule has 0 atom stereocenters. The van der Waals surface area contributed by atoms with Crippen molar-refractivity contribution in [2.45, 2.75) is 13.3 Å². The summed E-state index contributed by atoms with van der Waals surface area (Å²) in [5, 5.41) is 2.55. The van der Waals surface area contributed by atoms with Crippen LogP contribution in [0.3, 0.4) is 0 Å². The number of rotatable bonds is 4. The number of anilines is 1. The summed E-state index contributed by atoms with van der Waals surface area (Å²) in [5.74, 6) is -0.0389. The summed E-state index contributed by atoms with van der Waals surface area (Å²) in [6, 6.07) is 3.28. The number of nitrogens with zero attached hydrogens (tertiary/aromatic N) is 1. The van der Waals surface area contributed by atoms with Crippen LogP contribution in [0.1, 0.15) is 13.3 Å². The number of nitrogens with one attached hydrogen (secondary N) is 1. The van der Waals surface area contributed by atoms with Gasteiger partial charge in [-0.05, 0) is 13.0 Å². The number of carbonyl (C=O) groups excluding carboxylic acids is 2. The second kappa shape index (κ2) is 5.09. The van der Waals surface area contributed by atoms with E-state index in [1.165, 1.54) is 20.2 Å². The van der Waals surface area contributed by atoms with E-state index in [9.17, 15) is 9.59 Å². The van der Waals surface area contributed by atoms with E-state index in [2.05, 4.69) is 10.3 Å². The Morgan fingerprint density at radius 3 is 2.67 bits per heavy atom. The van der Waals surface area contributed by atoms with Crippen LogP contribution in [0.4, 0.5) is 5.69 Å². The topological polar surface area (TPSA) is 68.3 Å². The lowest BCUT2D eigenvalue weighted by molar-refractivity contribution is -0.124. The van der Waals surface area contributed by atoms with Gasteiger partial charge in [-0.25, -0.2) is 4.98 Å². The fourth-order valence-corrected chi connectivity index (χ4v) is 1.01. The molecule has 0 aliphatic rings. The Morgan fingerprint density at radius 1 is 1.47 bits per heavy atom. The number of pyridine rings is 1. The Hall–Kier alpha value is -1.91. The van der Waals surface area contributed by atoms with E-state index in [1.807, 2.05) is 0 Å². The van der Waals surface area contributed by atoms with Crippen molar-refractivity contribution in [1.29, 1.82) is 0 Å². The van der Waals surface area contributed by atoms with Gasteiger partial charge in [-0.1, -0.05) is 0 Å². The molecule has 0 aliphatic heterocycles. The van der Waals surface area contributed by atoms with Gasteiger partial charge < -0.3 is 10.1 Å². The number of amides is 1. The zero-order chi connectivity index (χ0) is 11.3. The van der Waals surface area contributed by atoms with Gasteiger partial charge in [0.05, 0.1) is 25.4 Å². The lowest BCUT2D eigenvalue weighted by Gasteiger charge is -2.03. The monoisotopic (exact) mass is 208 g/mol. The molecule has 0 unspecified atom stereocenters. The van der Waals surface area contributed by atoms with Gasteiger partial charge in [-0.3, -0.25) is 9.59 Å². The van der Waals surface area contributed by atoms with Gasteiger partial charge in [-0.2, -0.15) is 0 Å². The molecule has 80 valence electrons. The van der Waals surface area contributed by atoms with Crippen molar-refractivity contribution in [3.63, 3.8) is 0 Å². The van der Waals surface area contributed by atoms with Crippen LogP contribution < -0.4 is 10.1 Å². The van der Waals surface area contributed by atoms with Gasteiger partial charge >= 0.3 is 0 Å². The molecule has 1 amide bonds. The molecule has 1 rings (SSSR count). The maximum absolute atomic E-state index is 11.2. The van der Waals surface area contributed by atoms with Gasteiger partial charge in [0.15, 0.2) is 0 Å². The third kappa shape index (κ3) is 3.76. The minimum Gasteiger partial charge on any atom is -0.481 e. The van der Waals surface area contributed by atoms with Crippen molar-refractivity contribution in [3.05, 3.63) is 18.3 Å². The molecule has 0 aliphatic carbocycles. The Balaban J connectivity index is 2.57. The number of carbonyl (C=O) groups is 2. The molecule has 1 heterocycles. The van der Waals surface area contributed by atoms with E-state index in [-0.39, 0.29) is 18.1 Å². The quantitative estimate of drug-likeness (QED) is 0.750. The van der Waals surface area contributed by atoms with Crippen LogP contribution in [0.15, 0.2) is 18.3 Å². The number of hydrogen-bond donors (Lipinski definition) is 1. The van der Waals surface area contributed by atoms with Crippen molar-refractivity contribution in [2.24, 2.45) is 0 Å². The predicted molar refractivity (Wildman–Crippen MR) is 54.7 cm³/mol. The van der Waals surface area contributed by atoms with Crippen LogP contribution >= 0.6 is 0 Å². The highest BCUT2D eigenvalue weighted by Gasteiger charge is 2.05. The average Bonchev–Trinajstić information content (AvgIpc) is 2.17. The minimum atomic E-state index is -0.338. The molecule has 1 N–H and O–H groups in total. The molecular weight excluding hydrogens is 196 g/mol. The van der Waals surface area contributed by atoms with Gasteiger partial charge in [-0.15, -0.1) is 0 Å². The molecule has 0 aromatic carbocycles. The van der Waals surface area contributed by atoms with Gasteiger partial charge in [0.1, 0.15) is 5.78 Å². The van der Waals surface area contributed by atoms with Gasteiger partial charge in [0, 0.05) is 6.07 Å². The highest BCUT2D eigenvalue weighted by molar-refractivity contribution is 6.03. The summed E-state index contributed by atoms with van der Waals surface area (Å²) >= 11 is 0. The standard InChI is InChI=1S/C10H12N2O3/c1-7(13)5-9(14)12-8-3-4-10(15-2)11-6-8/h3-4,6H,5H2,1-2H3,(H,12,14). The number of ether oxygens (including phenoxy) is 1. The first-order chi connectivity index (χ1) is 7.11. The maximum atomic E-state index is 11.2. The van der Waals surface area contributed by atoms with E-state index in [1.54, 1.807) is 12.1 Å². The second-order valence-electron chi connectivity index (χ2n) is 3.02. The largest absolute Gasteiger partial charge is 0.481 e. The van der Waals surface area contributed by atoms with Gasteiger partial charge in [0.25, 0.3) is 0 Å². The first kappa shape index (κ1) is 11.2. The van der Waals surface area contributed by atoms with Gasteiger partial charge in [0.2, 0.25) is 11.8 Å². The summed E-state index contributed by atoms with van der Waals surface area (Å²) in [7, 11) is 1.51. The Labute approximate surface area is 87.5 Å². The summed E-state index contributed by atoms with van der Waals surface area (Å²) in [4.78, 5) is 25.7. The average molecular weight is 208 g/mol. The number of ketones is 1. The van der Waals surface area contributed by atoms with E-state index in [4.69, 9.17) is 4.74 Å². The number of methoxy groups -OCH3 is 1. The molecule has 1 aromatic heterocycles. The summed E-state index contributed by atoms with van der Waals surface area (Å²) in [5.41, 5.74) is 0.544. The molecule has 1 aromatic rings. The molecule has 5 nitrogen and oxygen atoms in total. The van der Waals surface area contributed by atoms with Crippen LogP contribution in [0.5, 0.6) is 5.88 Å². The molecule has 15 heavy (non-hydrogen) atoms. The highest BCUT2D eigenvalue weighted by Crippen LogP contribution is 2.10. The first-order valence-electron chi connectivity index (χ1n) is 4.41. The number of aromatic nitrogens is 1. The van der Waals surface area contributed by atoms with Crippen molar-refractivity contribution in [2.75, 3.05) is 12.4 Å². The molecule has 0 spiro atoms. The fourth-order valence-electron chi connectivity index (χ4n) is 1.01. The Bertz CT molecular complexity index is 359. The van der Waals surface area contributed by atoms with Crippen LogP contribution in [-0.4, -0.2) is 23.8 Å². The second-order valence-corrected chi connectivity index (χ2v) is 3.02. The van der Waals surface area contributed by atoms with E-state index in [0.717, 1.165) is 0 Å². The predicted octanol–water partition coefficient (Wildman–Crippen LogP) is 1.01. The maximum Gasteiger partial charge on any atom is 0.231 e. The third-order valence-electron chi connectivity index (χ3n) is 1.64. The summed E-state index contributed by atoms with van der Waals surface area (Å²) in [6.45, 7) is 1.37. The molecule has 5 heteroatoms. The van der Waals surface area contributed by atoms with E-state index in [0.29, 0.717) is 11.6 Å². The number of hydrogen-bond acceptors (Lipinski definition) is 4. The zero-order valence-corrected chi connectivity index (χ0v) is 8.61. The minimum absolute atomic E-state index is 0.119. The van der Waals surface area contributed by atoms with Crippen LogP contribution in [-0.2, 0) is 9.59 Å². The fraction of sp³-hybridized carbons (Fsp3) is 0.300. The van der Waals surface area contributed by atoms with Crippen molar-refractivity contribution < 1.29 is 14.3 Å². The molecule has 0 saturated heterocycles. The molecule has 0 radical (unpaired) electrons. The summed E-state index contributed by atoms with van der Waals surface area (Å²) in [6.07, 6.45) is 1.35. The van der Waals surface area contributed by atoms with E-state index >= 15 is 0 Å². The highest BCUT2D eigenvalue weighted by atomic mass is 16.5. The molecule has 0 fully saturated rings. The molecular formula is C10H12N2O3. The molecule has 0 saturated carbocycles. The lowest BCUT2D eigenvalue weighted by Crippen LogP contribution is -2.14. The van der Waals surface area contributed by atoms with E-state index < -0.39 is 0 Å². The smallest absolute Gasteiger partial charge is 0.231 e. The lowest BCUT2D eigenvalue weighted by atomic mass is 10.3. The van der Waals surface area contributed by atoms with Crippen molar-refractivity contribution in [3.8, 4) is 5.88 Å². The van der Waals surface area contributed by atoms with Crippen molar-refractivity contribution >= 4 is 17.4 Å². The normalized spacial score (nSPS) is 9.47. The zero-order valence-electron chi connectivity index (χ0n) is 8.61. The SMILES string of the molecule is COc1ccc(NC(=O)CC(C)=O)cn1. The number of Topliss-reactive ketones (excluding diaryl/α,β-unsaturated/α-hetero) is 1. The third-order valence-corrected chi connectivity index (χ3v) is 1.64. The van der Waals surface area contributed by atoms with Crippen LogP contribution in [0, 0.1) is 0 Å². The Kier molecular flexibility index (Phi) is 3.79. The Morgan fingerprint density at radius 2 is 2.20 bits per heavy atom. The first-order valence-corrected chi connectivity index (χ1v) is 4.41. The summed E-state index contributed by atoms with van der Waals surface area (Å²) < 4.78 is 4.86.